The first-order valence-electron chi connectivity index (χ1n) is 7.52. The summed E-state index contributed by atoms with van der Waals surface area (Å²) in [6.07, 6.45) is 1.87. The van der Waals surface area contributed by atoms with E-state index in [0.29, 0.717) is 27.4 Å². The average Bonchev–Trinajstić information content (AvgIpc) is 2.91. The van der Waals surface area contributed by atoms with Gasteiger partial charge in [0.05, 0.1) is 13.0 Å². The van der Waals surface area contributed by atoms with E-state index in [1.807, 2.05) is 30.3 Å². The number of hydrogen-bond donors (Lipinski definition) is 1. The van der Waals surface area contributed by atoms with Gasteiger partial charge in [-0.1, -0.05) is 71.2 Å². The molecule has 0 bridgehead atoms. The van der Waals surface area contributed by atoms with E-state index in [1.54, 1.807) is 29.1 Å². The van der Waals surface area contributed by atoms with Gasteiger partial charge in [0.25, 0.3) is 0 Å². The summed E-state index contributed by atoms with van der Waals surface area (Å²) in [7, 11) is 0. The number of anilines is 1. The highest BCUT2D eigenvalue weighted by molar-refractivity contribution is 6.36. The van der Waals surface area contributed by atoms with Crippen molar-refractivity contribution < 1.29 is 4.79 Å². The molecule has 0 unspecified atom stereocenters. The third-order valence-electron chi connectivity index (χ3n) is 3.56. The lowest BCUT2D eigenvalue weighted by Gasteiger charge is -2.07. The fourth-order valence-corrected chi connectivity index (χ4v) is 3.08. The van der Waals surface area contributed by atoms with E-state index >= 15 is 0 Å². The fourth-order valence-electron chi connectivity index (χ4n) is 2.37. The van der Waals surface area contributed by atoms with E-state index in [-0.39, 0.29) is 12.3 Å². The Kier molecular flexibility index (Phi) is 5.63. The molecule has 3 aromatic rings. The number of aromatic nitrogens is 2. The SMILES string of the molecule is O=C(Cc1ccccc1)Nc1nn(Cc2c(Cl)cccc2Cl)cc1Cl. The Morgan fingerprint density at radius 3 is 2.32 bits per heavy atom. The molecule has 1 N–H and O–H groups in total. The van der Waals surface area contributed by atoms with Crippen molar-refractivity contribution in [3.8, 4) is 0 Å². The zero-order valence-electron chi connectivity index (χ0n) is 13.0. The standard InChI is InChI=1S/C18H14Cl3N3O/c19-14-7-4-8-15(20)13(14)10-24-11-16(21)18(23-24)22-17(25)9-12-5-2-1-3-6-12/h1-8,11H,9-10H2,(H,22,23,25). The predicted octanol–water partition coefficient (Wildman–Crippen LogP) is 5.07. The normalized spacial score (nSPS) is 10.7. The minimum Gasteiger partial charge on any atom is -0.308 e. The maximum Gasteiger partial charge on any atom is 0.230 e. The largest absolute Gasteiger partial charge is 0.308 e. The zero-order valence-corrected chi connectivity index (χ0v) is 15.3. The van der Waals surface area contributed by atoms with Crippen LogP contribution in [0, 0.1) is 0 Å². The topological polar surface area (TPSA) is 46.9 Å². The van der Waals surface area contributed by atoms with Gasteiger partial charge in [-0.15, -0.1) is 0 Å². The van der Waals surface area contributed by atoms with Crippen molar-refractivity contribution in [1.82, 2.24) is 9.78 Å². The Balaban J connectivity index is 1.71. The molecule has 7 heteroatoms. The minimum atomic E-state index is -0.186. The molecule has 0 aliphatic rings. The molecule has 0 fully saturated rings. The Morgan fingerprint density at radius 2 is 1.64 bits per heavy atom. The van der Waals surface area contributed by atoms with Gasteiger partial charge in [-0.3, -0.25) is 9.48 Å². The van der Waals surface area contributed by atoms with Crippen molar-refractivity contribution in [1.29, 1.82) is 0 Å². The van der Waals surface area contributed by atoms with Gasteiger partial charge in [-0.2, -0.15) is 5.10 Å². The van der Waals surface area contributed by atoms with Crippen LogP contribution in [0.25, 0.3) is 0 Å². The predicted molar refractivity (Wildman–Crippen MR) is 102 cm³/mol. The van der Waals surface area contributed by atoms with Gasteiger partial charge in [0.2, 0.25) is 5.91 Å². The van der Waals surface area contributed by atoms with Crippen molar-refractivity contribution >= 4 is 46.5 Å². The molecule has 0 saturated carbocycles. The smallest absolute Gasteiger partial charge is 0.230 e. The summed E-state index contributed by atoms with van der Waals surface area (Å²) in [5, 5.41) is 8.48. The quantitative estimate of drug-likeness (QED) is 0.656. The van der Waals surface area contributed by atoms with Crippen molar-refractivity contribution in [2.75, 3.05) is 5.32 Å². The molecule has 0 radical (unpaired) electrons. The maximum atomic E-state index is 12.1. The Bertz CT molecular complexity index is 874. The van der Waals surface area contributed by atoms with E-state index in [4.69, 9.17) is 34.8 Å². The molecular formula is C18H14Cl3N3O. The molecule has 0 atom stereocenters. The van der Waals surface area contributed by atoms with Crippen LogP contribution in [-0.2, 0) is 17.8 Å². The molecular weight excluding hydrogens is 381 g/mol. The first-order chi connectivity index (χ1) is 12.0. The highest BCUT2D eigenvalue weighted by Crippen LogP contribution is 2.26. The van der Waals surface area contributed by atoms with E-state index in [0.717, 1.165) is 11.1 Å². The van der Waals surface area contributed by atoms with E-state index in [2.05, 4.69) is 10.4 Å². The van der Waals surface area contributed by atoms with Crippen LogP contribution < -0.4 is 5.32 Å². The van der Waals surface area contributed by atoms with Gasteiger partial charge in [0.15, 0.2) is 5.82 Å². The average molecular weight is 395 g/mol. The summed E-state index contributed by atoms with van der Waals surface area (Å²) in [5.41, 5.74) is 1.66. The van der Waals surface area contributed by atoms with Crippen LogP contribution in [-0.4, -0.2) is 15.7 Å². The minimum absolute atomic E-state index is 0.186. The van der Waals surface area contributed by atoms with Crippen LogP contribution in [0.2, 0.25) is 15.1 Å². The van der Waals surface area contributed by atoms with E-state index in [9.17, 15) is 4.79 Å². The number of carbonyl (C=O) groups is 1. The summed E-state index contributed by atoms with van der Waals surface area (Å²) >= 11 is 18.5. The van der Waals surface area contributed by atoms with E-state index < -0.39 is 0 Å². The van der Waals surface area contributed by atoms with Crippen LogP contribution >= 0.6 is 34.8 Å². The molecule has 25 heavy (non-hydrogen) atoms. The molecule has 4 nitrogen and oxygen atoms in total. The highest BCUT2D eigenvalue weighted by atomic mass is 35.5. The summed E-state index contributed by atoms with van der Waals surface area (Å²) in [6, 6.07) is 14.7. The first-order valence-corrected chi connectivity index (χ1v) is 8.66. The van der Waals surface area contributed by atoms with Crippen molar-refractivity contribution in [2.45, 2.75) is 13.0 Å². The number of amides is 1. The van der Waals surface area contributed by atoms with Gasteiger partial charge >= 0.3 is 0 Å². The van der Waals surface area contributed by atoms with Crippen molar-refractivity contribution in [3.63, 3.8) is 0 Å². The molecule has 0 aliphatic heterocycles. The van der Waals surface area contributed by atoms with Gasteiger partial charge in [-0.05, 0) is 17.7 Å². The summed E-state index contributed by atoms with van der Waals surface area (Å²) in [5.74, 6) is 0.125. The fraction of sp³-hybridized carbons (Fsp3) is 0.111. The molecule has 3 rings (SSSR count). The first kappa shape index (κ1) is 17.8. The van der Waals surface area contributed by atoms with Crippen LogP contribution in [0.15, 0.2) is 54.7 Å². The molecule has 0 aliphatic carbocycles. The molecule has 128 valence electrons. The van der Waals surface area contributed by atoms with Gasteiger partial charge in [0.1, 0.15) is 5.02 Å². The molecule has 1 amide bonds. The number of benzene rings is 2. The van der Waals surface area contributed by atoms with Crippen LogP contribution in [0.5, 0.6) is 0 Å². The molecule has 2 aromatic carbocycles. The zero-order chi connectivity index (χ0) is 17.8. The Hall–Kier alpha value is -2.01. The number of carbonyl (C=O) groups excluding carboxylic acids is 1. The third-order valence-corrected chi connectivity index (χ3v) is 4.55. The lowest BCUT2D eigenvalue weighted by Crippen LogP contribution is -2.15. The number of halogens is 3. The molecule has 1 heterocycles. The lowest BCUT2D eigenvalue weighted by molar-refractivity contribution is -0.115. The third kappa shape index (κ3) is 4.54. The van der Waals surface area contributed by atoms with Gasteiger partial charge in [0, 0.05) is 21.8 Å². The molecule has 0 spiro atoms. The Labute approximate surface area is 160 Å². The van der Waals surface area contributed by atoms with Crippen molar-refractivity contribution in [2.24, 2.45) is 0 Å². The van der Waals surface area contributed by atoms with Crippen LogP contribution in [0.1, 0.15) is 11.1 Å². The second kappa shape index (κ2) is 7.91. The number of rotatable bonds is 5. The number of hydrogen-bond acceptors (Lipinski definition) is 2. The second-order valence-corrected chi connectivity index (χ2v) is 6.66. The number of nitrogens with one attached hydrogen (secondary N) is 1. The van der Waals surface area contributed by atoms with E-state index in [1.165, 1.54) is 0 Å². The van der Waals surface area contributed by atoms with Crippen molar-refractivity contribution in [3.05, 3.63) is 80.9 Å². The number of nitrogens with zero attached hydrogens (tertiary/aromatic N) is 2. The lowest BCUT2D eigenvalue weighted by atomic mass is 10.1. The monoisotopic (exact) mass is 393 g/mol. The summed E-state index contributed by atoms with van der Waals surface area (Å²) < 4.78 is 1.59. The van der Waals surface area contributed by atoms with Gasteiger partial charge < -0.3 is 5.32 Å². The summed E-state index contributed by atoms with van der Waals surface area (Å²) in [6.45, 7) is 0.354. The maximum absolute atomic E-state index is 12.1. The molecule has 0 saturated heterocycles. The van der Waals surface area contributed by atoms with Crippen LogP contribution in [0.3, 0.4) is 0 Å². The summed E-state index contributed by atoms with van der Waals surface area (Å²) in [4.78, 5) is 12.1. The molecule has 1 aromatic heterocycles. The highest BCUT2D eigenvalue weighted by Gasteiger charge is 2.13. The Morgan fingerprint density at radius 1 is 0.960 bits per heavy atom. The van der Waals surface area contributed by atoms with Gasteiger partial charge in [-0.25, -0.2) is 0 Å². The second-order valence-electron chi connectivity index (χ2n) is 5.43. The van der Waals surface area contributed by atoms with Crippen LogP contribution in [0.4, 0.5) is 5.82 Å².